The fourth-order valence-electron chi connectivity index (χ4n) is 3.08. The summed E-state index contributed by atoms with van der Waals surface area (Å²) in [7, 11) is 0. The molecule has 0 aliphatic carbocycles. The third kappa shape index (κ3) is 2.59. The first-order valence-corrected chi connectivity index (χ1v) is 8.38. The molecule has 0 unspecified atom stereocenters. The predicted octanol–water partition coefficient (Wildman–Crippen LogP) is 2.67. The van der Waals surface area contributed by atoms with Gasteiger partial charge in [0.1, 0.15) is 11.0 Å². The number of hydrogen-bond acceptors (Lipinski definition) is 5. The van der Waals surface area contributed by atoms with Gasteiger partial charge in [-0.1, -0.05) is 40.8 Å². The Kier molecular flexibility index (Phi) is 3.41. The van der Waals surface area contributed by atoms with Crippen LogP contribution in [0.2, 0.25) is 0 Å². The molecule has 0 N–H and O–H groups in total. The SMILES string of the molecule is c1cc(Cn2nnc3ccccc32)nc(Cn2nnc3ccccc32)c1. The summed E-state index contributed by atoms with van der Waals surface area (Å²) in [5.74, 6) is 0. The molecule has 3 aromatic heterocycles. The molecule has 2 aromatic carbocycles. The second-order valence-electron chi connectivity index (χ2n) is 6.09. The molecule has 0 bridgehead atoms. The maximum Gasteiger partial charge on any atom is 0.113 e. The fourth-order valence-corrected chi connectivity index (χ4v) is 3.08. The Hall–Kier alpha value is -3.61. The highest BCUT2D eigenvalue weighted by atomic mass is 15.4. The van der Waals surface area contributed by atoms with Crippen LogP contribution in [-0.4, -0.2) is 35.0 Å². The van der Waals surface area contributed by atoms with Gasteiger partial charge in [-0.05, 0) is 36.4 Å². The molecule has 5 aromatic rings. The van der Waals surface area contributed by atoms with Gasteiger partial charge >= 0.3 is 0 Å². The van der Waals surface area contributed by atoms with Gasteiger partial charge in [-0.3, -0.25) is 4.98 Å². The molecular weight excluding hydrogens is 326 g/mol. The Labute approximate surface area is 148 Å². The number of hydrogen-bond donors (Lipinski definition) is 0. The van der Waals surface area contributed by atoms with E-state index in [-0.39, 0.29) is 0 Å². The average Bonchev–Trinajstić information content (AvgIpc) is 3.27. The van der Waals surface area contributed by atoms with E-state index in [1.807, 2.05) is 76.1 Å². The second-order valence-corrected chi connectivity index (χ2v) is 6.09. The summed E-state index contributed by atoms with van der Waals surface area (Å²) in [4.78, 5) is 4.76. The smallest absolute Gasteiger partial charge is 0.113 e. The van der Waals surface area contributed by atoms with Crippen LogP contribution >= 0.6 is 0 Å². The molecule has 0 saturated heterocycles. The third-order valence-corrected chi connectivity index (χ3v) is 4.33. The van der Waals surface area contributed by atoms with Crippen LogP contribution in [0.5, 0.6) is 0 Å². The fraction of sp³-hybridized carbons (Fsp3) is 0.105. The summed E-state index contributed by atoms with van der Waals surface area (Å²) in [6, 6.07) is 21.8. The molecule has 5 rings (SSSR count). The molecule has 0 aliphatic rings. The minimum absolute atomic E-state index is 0.576. The van der Waals surface area contributed by atoms with Gasteiger partial charge in [-0.25, -0.2) is 9.36 Å². The number of para-hydroxylation sites is 2. The highest BCUT2D eigenvalue weighted by Gasteiger charge is 2.08. The van der Waals surface area contributed by atoms with Gasteiger partial charge in [-0.2, -0.15) is 0 Å². The summed E-state index contributed by atoms with van der Waals surface area (Å²) in [6.45, 7) is 1.15. The minimum atomic E-state index is 0.576. The Morgan fingerprint density at radius 2 is 1.08 bits per heavy atom. The van der Waals surface area contributed by atoms with Crippen LogP contribution in [0, 0.1) is 0 Å². The van der Waals surface area contributed by atoms with E-state index in [2.05, 4.69) is 20.6 Å². The quantitative estimate of drug-likeness (QED) is 0.502. The van der Waals surface area contributed by atoms with Crippen molar-refractivity contribution in [3.05, 3.63) is 78.1 Å². The molecule has 0 fully saturated rings. The molecule has 0 aliphatic heterocycles. The lowest BCUT2D eigenvalue weighted by atomic mass is 10.2. The van der Waals surface area contributed by atoms with Gasteiger partial charge < -0.3 is 0 Å². The maximum absolute atomic E-state index is 4.76. The molecule has 7 heteroatoms. The Balaban J connectivity index is 1.44. The van der Waals surface area contributed by atoms with Crippen molar-refractivity contribution in [2.24, 2.45) is 0 Å². The van der Waals surface area contributed by atoms with Crippen molar-refractivity contribution in [2.45, 2.75) is 13.1 Å². The topological polar surface area (TPSA) is 74.3 Å². The van der Waals surface area contributed by atoms with E-state index in [0.29, 0.717) is 13.1 Å². The predicted molar refractivity (Wildman–Crippen MR) is 97.5 cm³/mol. The molecule has 0 radical (unpaired) electrons. The summed E-state index contributed by atoms with van der Waals surface area (Å²) in [5, 5.41) is 16.9. The van der Waals surface area contributed by atoms with Gasteiger partial charge in [0.05, 0.1) is 35.5 Å². The van der Waals surface area contributed by atoms with Gasteiger partial charge in [0, 0.05) is 0 Å². The number of nitrogens with zero attached hydrogens (tertiary/aromatic N) is 7. The van der Waals surface area contributed by atoms with Crippen molar-refractivity contribution >= 4 is 22.1 Å². The lowest BCUT2D eigenvalue weighted by molar-refractivity contribution is 0.636. The Morgan fingerprint density at radius 3 is 1.62 bits per heavy atom. The van der Waals surface area contributed by atoms with Crippen LogP contribution in [-0.2, 0) is 13.1 Å². The zero-order valence-corrected chi connectivity index (χ0v) is 13.9. The van der Waals surface area contributed by atoms with Crippen LogP contribution in [0.1, 0.15) is 11.4 Å². The first-order chi connectivity index (χ1) is 12.9. The number of fused-ring (bicyclic) bond motifs is 2. The number of aromatic nitrogens is 7. The van der Waals surface area contributed by atoms with Crippen molar-refractivity contribution in [1.82, 2.24) is 35.0 Å². The Morgan fingerprint density at radius 1 is 0.577 bits per heavy atom. The normalized spacial score (nSPS) is 11.4. The number of rotatable bonds is 4. The summed E-state index contributed by atoms with van der Waals surface area (Å²) >= 11 is 0. The molecule has 0 spiro atoms. The van der Waals surface area contributed by atoms with E-state index < -0.39 is 0 Å². The summed E-state index contributed by atoms with van der Waals surface area (Å²) < 4.78 is 3.73. The molecule has 0 saturated carbocycles. The van der Waals surface area contributed by atoms with Gasteiger partial charge in [0.2, 0.25) is 0 Å². The molecule has 0 atom stereocenters. The van der Waals surface area contributed by atoms with E-state index in [9.17, 15) is 0 Å². The molecule has 0 amide bonds. The zero-order chi connectivity index (χ0) is 17.3. The average molecular weight is 341 g/mol. The van der Waals surface area contributed by atoms with Gasteiger partial charge in [0.25, 0.3) is 0 Å². The van der Waals surface area contributed by atoms with Crippen LogP contribution in [0.3, 0.4) is 0 Å². The van der Waals surface area contributed by atoms with E-state index in [0.717, 1.165) is 33.5 Å². The van der Waals surface area contributed by atoms with Crippen LogP contribution < -0.4 is 0 Å². The van der Waals surface area contributed by atoms with Crippen molar-refractivity contribution in [3.8, 4) is 0 Å². The lowest BCUT2D eigenvalue weighted by Crippen LogP contribution is -2.08. The van der Waals surface area contributed by atoms with Gasteiger partial charge in [-0.15, -0.1) is 10.2 Å². The standard InChI is InChI=1S/C19H15N7/c1-3-10-18-16(8-1)21-23-25(18)12-14-6-5-7-15(20-14)13-26-19-11-4-2-9-17(19)22-24-26/h1-11H,12-13H2. The molecule has 126 valence electrons. The maximum atomic E-state index is 4.76. The van der Waals surface area contributed by atoms with E-state index in [1.165, 1.54) is 0 Å². The Bertz CT molecular complexity index is 1110. The number of benzene rings is 2. The van der Waals surface area contributed by atoms with Crippen LogP contribution in [0.25, 0.3) is 22.1 Å². The van der Waals surface area contributed by atoms with E-state index in [4.69, 9.17) is 4.98 Å². The minimum Gasteiger partial charge on any atom is -0.254 e. The summed E-state index contributed by atoms with van der Waals surface area (Å²) in [5.41, 5.74) is 5.64. The van der Waals surface area contributed by atoms with Crippen molar-refractivity contribution in [2.75, 3.05) is 0 Å². The monoisotopic (exact) mass is 341 g/mol. The molecule has 7 nitrogen and oxygen atoms in total. The van der Waals surface area contributed by atoms with Crippen LogP contribution in [0.15, 0.2) is 66.7 Å². The summed E-state index contributed by atoms with van der Waals surface area (Å²) in [6.07, 6.45) is 0. The first-order valence-electron chi connectivity index (χ1n) is 8.38. The third-order valence-electron chi connectivity index (χ3n) is 4.33. The number of pyridine rings is 1. The second kappa shape index (κ2) is 6.03. The van der Waals surface area contributed by atoms with Crippen molar-refractivity contribution < 1.29 is 0 Å². The van der Waals surface area contributed by atoms with Gasteiger partial charge in [0.15, 0.2) is 0 Å². The highest BCUT2D eigenvalue weighted by molar-refractivity contribution is 5.74. The lowest BCUT2D eigenvalue weighted by Gasteiger charge is -2.06. The highest BCUT2D eigenvalue weighted by Crippen LogP contribution is 2.13. The molecule has 3 heterocycles. The molecular formula is C19H15N7. The van der Waals surface area contributed by atoms with Crippen molar-refractivity contribution in [1.29, 1.82) is 0 Å². The first kappa shape index (κ1) is 14.7. The van der Waals surface area contributed by atoms with Crippen molar-refractivity contribution in [3.63, 3.8) is 0 Å². The largest absolute Gasteiger partial charge is 0.254 e. The van der Waals surface area contributed by atoms with E-state index >= 15 is 0 Å². The zero-order valence-electron chi connectivity index (χ0n) is 13.9. The molecule has 26 heavy (non-hydrogen) atoms. The van der Waals surface area contributed by atoms with Crippen LogP contribution in [0.4, 0.5) is 0 Å². The van der Waals surface area contributed by atoms with E-state index in [1.54, 1.807) is 0 Å².